The number of carbonyl (C=O) groups is 1. The van der Waals surface area contributed by atoms with Gasteiger partial charge in [-0.25, -0.2) is 0 Å². The lowest BCUT2D eigenvalue weighted by atomic mass is 10.0. The van der Waals surface area contributed by atoms with Gasteiger partial charge >= 0.3 is 0 Å². The molecule has 33 heavy (non-hydrogen) atoms. The molecule has 8 nitrogen and oxygen atoms in total. The first-order valence-electron chi connectivity index (χ1n) is 10.2. The van der Waals surface area contributed by atoms with Crippen LogP contribution in [-0.2, 0) is 12.8 Å². The van der Waals surface area contributed by atoms with Crippen LogP contribution in [0, 0.1) is 16.0 Å². The molecule has 1 heterocycles. The Morgan fingerprint density at radius 2 is 1.88 bits per heavy atom. The summed E-state index contributed by atoms with van der Waals surface area (Å²) in [6.45, 7) is 4.13. The van der Waals surface area contributed by atoms with Crippen LogP contribution in [0.2, 0.25) is 10.0 Å². The Hall–Kier alpha value is -2.62. The Kier molecular flexibility index (Phi) is 8.34. The number of rotatable bonds is 9. The summed E-state index contributed by atoms with van der Waals surface area (Å²) in [4.78, 5) is 23.3. The number of halogens is 2. The van der Waals surface area contributed by atoms with Gasteiger partial charge in [-0.15, -0.1) is 10.2 Å². The summed E-state index contributed by atoms with van der Waals surface area (Å²) >= 11 is 13.6. The first-order valence-corrected chi connectivity index (χ1v) is 11.9. The fraction of sp³-hybridized carbons (Fsp3) is 0.318. The topological polar surface area (TPSA) is 103 Å². The summed E-state index contributed by atoms with van der Waals surface area (Å²) in [6.07, 6.45) is 0.663. The molecule has 0 aliphatic heterocycles. The van der Waals surface area contributed by atoms with Gasteiger partial charge in [-0.2, -0.15) is 0 Å². The van der Waals surface area contributed by atoms with Crippen molar-refractivity contribution in [3.8, 4) is 0 Å². The van der Waals surface area contributed by atoms with Gasteiger partial charge in [0.2, 0.25) is 0 Å². The first-order chi connectivity index (χ1) is 15.7. The van der Waals surface area contributed by atoms with Crippen LogP contribution in [0.15, 0.2) is 47.6 Å². The summed E-state index contributed by atoms with van der Waals surface area (Å²) in [5.74, 6) is 1.19. The molecule has 0 saturated carbocycles. The molecule has 0 spiro atoms. The molecule has 0 fully saturated rings. The zero-order chi connectivity index (χ0) is 24.1. The summed E-state index contributed by atoms with van der Waals surface area (Å²) in [5, 5.41) is 23.9. The van der Waals surface area contributed by atoms with Gasteiger partial charge in [-0.3, -0.25) is 14.9 Å². The molecule has 0 bridgehead atoms. The van der Waals surface area contributed by atoms with Crippen molar-refractivity contribution in [2.24, 2.45) is 13.0 Å². The van der Waals surface area contributed by atoms with Crippen LogP contribution in [0.5, 0.6) is 0 Å². The highest BCUT2D eigenvalue weighted by atomic mass is 35.5. The zero-order valence-corrected chi connectivity index (χ0v) is 20.6. The molecule has 0 unspecified atom stereocenters. The van der Waals surface area contributed by atoms with Crippen LogP contribution in [0.1, 0.15) is 48.1 Å². The third-order valence-corrected chi connectivity index (χ3v) is 6.52. The summed E-state index contributed by atoms with van der Waals surface area (Å²) in [6, 6.07) is 10.8. The molecule has 174 valence electrons. The van der Waals surface area contributed by atoms with Crippen molar-refractivity contribution >= 4 is 46.6 Å². The highest BCUT2D eigenvalue weighted by molar-refractivity contribution is 7.98. The third-order valence-electron chi connectivity index (χ3n) is 4.88. The number of nitro groups is 1. The van der Waals surface area contributed by atoms with E-state index in [0.717, 1.165) is 5.56 Å². The Bertz CT molecular complexity index is 1150. The second-order valence-corrected chi connectivity index (χ2v) is 9.68. The molecule has 1 aromatic heterocycles. The number of benzene rings is 2. The van der Waals surface area contributed by atoms with Crippen LogP contribution >= 0.6 is 35.0 Å². The minimum atomic E-state index is -0.424. The second-order valence-electron chi connectivity index (χ2n) is 7.89. The van der Waals surface area contributed by atoms with Crippen molar-refractivity contribution in [2.75, 3.05) is 0 Å². The Morgan fingerprint density at radius 3 is 2.48 bits per heavy atom. The van der Waals surface area contributed by atoms with Gasteiger partial charge in [0, 0.05) is 30.0 Å². The number of nitrogens with zero attached hydrogens (tertiary/aromatic N) is 4. The molecule has 1 atom stereocenters. The van der Waals surface area contributed by atoms with Crippen LogP contribution < -0.4 is 5.32 Å². The van der Waals surface area contributed by atoms with Crippen LogP contribution in [0.4, 0.5) is 5.69 Å². The van der Waals surface area contributed by atoms with Crippen molar-refractivity contribution in [3.05, 3.63) is 79.6 Å². The third kappa shape index (κ3) is 6.46. The van der Waals surface area contributed by atoms with Crippen molar-refractivity contribution in [2.45, 2.75) is 37.2 Å². The Balaban J connectivity index is 1.75. The molecule has 3 aromatic rings. The average Bonchev–Trinajstić information content (AvgIpc) is 3.12. The predicted octanol–water partition coefficient (Wildman–Crippen LogP) is 5.84. The number of hydrogen-bond donors (Lipinski definition) is 1. The van der Waals surface area contributed by atoms with Crippen LogP contribution in [0.3, 0.4) is 0 Å². The number of hydrogen-bond acceptors (Lipinski definition) is 6. The van der Waals surface area contributed by atoms with Crippen molar-refractivity contribution in [3.63, 3.8) is 0 Å². The number of amides is 1. The number of thioether (sulfide) groups is 1. The van der Waals surface area contributed by atoms with E-state index in [9.17, 15) is 14.9 Å². The molecule has 1 amide bonds. The van der Waals surface area contributed by atoms with Crippen molar-refractivity contribution in [1.82, 2.24) is 20.1 Å². The summed E-state index contributed by atoms with van der Waals surface area (Å²) in [5.41, 5.74) is 1.32. The van der Waals surface area contributed by atoms with Gasteiger partial charge in [-0.1, -0.05) is 60.9 Å². The molecule has 0 aliphatic carbocycles. The molecule has 0 radical (unpaired) electrons. The predicted molar refractivity (Wildman–Crippen MR) is 130 cm³/mol. The largest absolute Gasteiger partial charge is 0.342 e. The Morgan fingerprint density at radius 1 is 1.18 bits per heavy atom. The fourth-order valence-electron chi connectivity index (χ4n) is 3.23. The normalized spacial score (nSPS) is 12.1. The van der Waals surface area contributed by atoms with E-state index in [0.29, 0.717) is 39.7 Å². The minimum Gasteiger partial charge on any atom is -0.342 e. The standard InChI is InChI=1S/C22H23Cl2N5O3S/c1-13(2)10-19(25-21(30)17-9-6-15(23)11-18(17)24)20-26-27-22(28(20)3)33-12-14-4-7-16(8-5-14)29(31)32/h4-9,11,13,19H,10,12H2,1-3H3,(H,25,30)/t19-/m1/s1. The lowest BCUT2D eigenvalue weighted by Gasteiger charge is -2.20. The maximum Gasteiger partial charge on any atom is 0.269 e. The lowest BCUT2D eigenvalue weighted by Crippen LogP contribution is -2.31. The molecule has 1 N–H and O–H groups in total. The van der Waals surface area contributed by atoms with E-state index in [4.69, 9.17) is 23.2 Å². The monoisotopic (exact) mass is 507 g/mol. The van der Waals surface area contributed by atoms with Gasteiger partial charge in [0.15, 0.2) is 11.0 Å². The second kappa shape index (κ2) is 11.0. The average molecular weight is 508 g/mol. The number of nitrogens with one attached hydrogen (secondary N) is 1. The summed E-state index contributed by atoms with van der Waals surface area (Å²) in [7, 11) is 1.85. The fourth-order valence-corrected chi connectivity index (χ4v) is 4.60. The molecular weight excluding hydrogens is 485 g/mol. The van der Waals surface area contributed by atoms with Gasteiger partial charge in [0.25, 0.3) is 11.6 Å². The first kappa shape index (κ1) is 25.0. The zero-order valence-electron chi connectivity index (χ0n) is 18.3. The summed E-state index contributed by atoms with van der Waals surface area (Å²) < 4.78 is 1.85. The van der Waals surface area contributed by atoms with Gasteiger partial charge in [0.05, 0.1) is 21.6 Å². The molecular formula is C22H23Cl2N5O3S. The number of nitro benzene ring substituents is 1. The highest BCUT2D eigenvalue weighted by Crippen LogP contribution is 2.28. The van der Waals surface area contributed by atoms with Crippen molar-refractivity contribution < 1.29 is 9.72 Å². The van der Waals surface area contributed by atoms with E-state index in [2.05, 4.69) is 29.4 Å². The SMILES string of the molecule is CC(C)C[C@@H](NC(=O)c1ccc(Cl)cc1Cl)c1nnc(SCc2ccc([N+](=O)[O-])cc2)n1C. The van der Waals surface area contributed by atoms with E-state index < -0.39 is 4.92 Å². The maximum atomic E-state index is 12.9. The quantitative estimate of drug-likeness (QED) is 0.221. The van der Waals surface area contributed by atoms with Crippen molar-refractivity contribution in [1.29, 1.82) is 0 Å². The smallest absolute Gasteiger partial charge is 0.269 e. The molecule has 0 aliphatic rings. The highest BCUT2D eigenvalue weighted by Gasteiger charge is 2.24. The van der Waals surface area contributed by atoms with E-state index >= 15 is 0 Å². The Labute approximate surface area is 205 Å². The van der Waals surface area contributed by atoms with Gasteiger partial charge in [0.1, 0.15) is 0 Å². The molecule has 11 heteroatoms. The van der Waals surface area contributed by atoms with E-state index in [-0.39, 0.29) is 22.7 Å². The van der Waals surface area contributed by atoms with Gasteiger partial charge in [-0.05, 0) is 36.1 Å². The molecule has 0 saturated heterocycles. The van der Waals surface area contributed by atoms with Crippen LogP contribution in [-0.4, -0.2) is 25.6 Å². The minimum absolute atomic E-state index is 0.0535. The number of non-ortho nitro benzene ring substituents is 1. The number of aromatic nitrogens is 3. The van der Waals surface area contributed by atoms with Crippen LogP contribution in [0.25, 0.3) is 0 Å². The van der Waals surface area contributed by atoms with E-state index in [1.54, 1.807) is 24.3 Å². The van der Waals surface area contributed by atoms with E-state index in [1.165, 1.54) is 30.0 Å². The van der Waals surface area contributed by atoms with E-state index in [1.807, 2.05) is 11.6 Å². The lowest BCUT2D eigenvalue weighted by molar-refractivity contribution is -0.384. The maximum absolute atomic E-state index is 12.9. The molecule has 2 aromatic carbocycles. The number of carbonyl (C=O) groups excluding carboxylic acids is 1. The molecule has 3 rings (SSSR count). The van der Waals surface area contributed by atoms with Gasteiger partial charge < -0.3 is 9.88 Å².